The molecular formula is C13H14N2O3S. The Hall–Kier alpha value is -1.95. The van der Waals surface area contributed by atoms with Gasteiger partial charge in [0, 0.05) is 40.9 Å². The summed E-state index contributed by atoms with van der Waals surface area (Å²) in [5.74, 6) is -0.561. The smallest absolute Gasteiger partial charge is 0.339 e. The molecule has 0 saturated carbocycles. The average molecular weight is 278 g/mol. The fourth-order valence-corrected chi connectivity index (χ4v) is 2.20. The summed E-state index contributed by atoms with van der Waals surface area (Å²) in [7, 11) is -0.916. The molecule has 2 N–H and O–H groups in total. The quantitative estimate of drug-likeness (QED) is 0.870. The third-order valence-electron chi connectivity index (χ3n) is 2.70. The molecule has 0 amide bonds. The summed E-state index contributed by atoms with van der Waals surface area (Å²) < 4.78 is 11.1. The van der Waals surface area contributed by atoms with Gasteiger partial charge in [-0.05, 0) is 6.07 Å². The van der Waals surface area contributed by atoms with E-state index in [1.54, 1.807) is 6.26 Å². The molecule has 19 heavy (non-hydrogen) atoms. The molecule has 1 unspecified atom stereocenters. The van der Waals surface area contributed by atoms with Gasteiger partial charge >= 0.3 is 5.97 Å². The maximum atomic E-state index is 11.2. The van der Waals surface area contributed by atoms with Gasteiger partial charge in [-0.15, -0.1) is 0 Å². The second kappa shape index (κ2) is 5.79. The molecule has 5 nitrogen and oxygen atoms in total. The lowest BCUT2D eigenvalue weighted by Crippen LogP contribution is -2.13. The number of pyridine rings is 1. The molecule has 0 saturated heterocycles. The number of nitrogens with one attached hydrogen (secondary N) is 1. The number of rotatable bonds is 5. The highest BCUT2D eigenvalue weighted by Crippen LogP contribution is 2.25. The van der Waals surface area contributed by atoms with Gasteiger partial charge in [0.15, 0.2) is 0 Å². The van der Waals surface area contributed by atoms with E-state index in [0.717, 1.165) is 10.9 Å². The van der Waals surface area contributed by atoms with E-state index in [1.807, 2.05) is 24.3 Å². The fourth-order valence-electron chi connectivity index (χ4n) is 1.81. The molecule has 1 aromatic heterocycles. The molecule has 0 aliphatic heterocycles. The molecule has 6 heteroatoms. The van der Waals surface area contributed by atoms with E-state index in [9.17, 15) is 14.1 Å². The van der Waals surface area contributed by atoms with Crippen molar-refractivity contribution in [1.82, 2.24) is 4.98 Å². The molecule has 2 aromatic rings. The second-order valence-corrected chi connectivity index (χ2v) is 5.63. The van der Waals surface area contributed by atoms with Crippen LogP contribution in [0.5, 0.6) is 0 Å². The Morgan fingerprint density at radius 2 is 2.16 bits per heavy atom. The number of nitrogens with zero attached hydrogens (tertiary/aromatic N) is 1. The standard InChI is InChI=1S/C13H14N2O3S/c1-19(18)7-6-14-12-9-4-2-3-5-11(9)15-8-10(12)13(16)17/h2-5,8H,6-7H2,1H3,(H,14,15)(H,16,17). The normalized spacial score (nSPS) is 12.3. The molecular weight excluding hydrogens is 264 g/mol. The molecule has 100 valence electrons. The van der Waals surface area contributed by atoms with E-state index in [1.165, 1.54) is 6.20 Å². The van der Waals surface area contributed by atoms with Gasteiger partial charge in [0.25, 0.3) is 0 Å². The monoisotopic (exact) mass is 278 g/mol. The van der Waals surface area contributed by atoms with E-state index in [-0.39, 0.29) is 5.56 Å². The maximum absolute atomic E-state index is 11.2. The summed E-state index contributed by atoms with van der Waals surface area (Å²) in [5.41, 5.74) is 1.39. The number of hydrogen-bond donors (Lipinski definition) is 2. The SMILES string of the molecule is CS(=O)CCNc1c(C(=O)O)cnc2ccccc12. The van der Waals surface area contributed by atoms with Crippen LogP contribution in [-0.4, -0.2) is 38.8 Å². The molecule has 2 rings (SSSR count). The highest BCUT2D eigenvalue weighted by Gasteiger charge is 2.13. The lowest BCUT2D eigenvalue weighted by atomic mass is 10.1. The molecule has 0 aliphatic rings. The predicted octanol–water partition coefficient (Wildman–Crippen LogP) is 1.72. The van der Waals surface area contributed by atoms with Crippen LogP contribution in [-0.2, 0) is 10.8 Å². The molecule has 1 aromatic carbocycles. The molecule has 0 bridgehead atoms. The van der Waals surface area contributed by atoms with E-state index >= 15 is 0 Å². The van der Waals surface area contributed by atoms with Crippen LogP contribution in [0.3, 0.4) is 0 Å². The number of carbonyl (C=O) groups is 1. The molecule has 1 atom stereocenters. The van der Waals surface area contributed by atoms with Crippen LogP contribution in [0.15, 0.2) is 30.5 Å². The minimum Gasteiger partial charge on any atom is -0.478 e. The minimum atomic E-state index is -1.03. The fraction of sp³-hybridized carbons (Fsp3) is 0.231. The highest BCUT2D eigenvalue weighted by atomic mass is 32.2. The van der Waals surface area contributed by atoms with Crippen molar-refractivity contribution in [1.29, 1.82) is 0 Å². The van der Waals surface area contributed by atoms with E-state index in [4.69, 9.17) is 0 Å². The predicted molar refractivity (Wildman–Crippen MR) is 76.1 cm³/mol. The van der Waals surface area contributed by atoms with Crippen molar-refractivity contribution in [2.24, 2.45) is 0 Å². The summed E-state index contributed by atoms with van der Waals surface area (Å²) in [6.07, 6.45) is 2.96. The second-order valence-electron chi connectivity index (χ2n) is 4.07. The number of aromatic carboxylic acids is 1. The Kier molecular flexibility index (Phi) is 4.11. The number of aromatic nitrogens is 1. The zero-order chi connectivity index (χ0) is 13.8. The van der Waals surface area contributed by atoms with Crippen molar-refractivity contribution in [3.63, 3.8) is 0 Å². The van der Waals surface area contributed by atoms with Gasteiger partial charge in [-0.3, -0.25) is 9.19 Å². The molecule has 0 radical (unpaired) electrons. The zero-order valence-corrected chi connectivity index (χ0v) is 11.2. The zero-order valence-electron chi connectivity index (χ0n) is 10.4. The van der Waals surface area contributed by atoms with Crippen molar-refractivity contribution in [3.05, 3.63) is 36.0 Å². The summed E-state index contributed by atoms with van der Waals surface area (Å²) >= 11 is 0. The molecule has 0 aliphatic carbocycles. The Morgan fingerprint density at radius 1 is 1.42 bits per heavy atom. The van der Waals surface area contributed by atoms with Crippen LogP contribution >= 0.6 is 0 Å². The lowest BCUT2D eigenvalue weighted by Gasteiger charge is -2.11. The van der Waals surface area contributed by atoms with Gasteiger partial charge in [0.2, 0.25) is 0 Å². The van der Waals surface area contributed by atoms with Crippen LogP contribution in [0.1, 0.15) is 10.4 Å². The minimum absolute atomic E-state index is 0.126. The Bertz CT molecular complexity index is 643. The van der Waals surface area contributed by atoms with E-state index in [0.29, 0.717) is 18.0 Å². The van der Waals surface area contributed by atoms with Crippen molar-refractivity contribution in [2.45, 2.75) is 0 Å². The molecule has 1 heterocycles. The van der Waals surface area contributed by atoms with Crippen molar-refractivity contribution >= 4 is 33.4 Å². The molecule has 0 spiro atoms. The van der Waals surface area contributed by atoms with Crippen LogP contribution in [0.2, 0.25) is 0 Å². The highest BCUT2D eigenvalue weighted by molar-refractivity contribution is 7.84. The Balaban J connectivity index is 2.43. The lowest BCUT2D eigenvalue weighted by molar-refractivity contribution is 0.0697. The first kappa shape index (κ1) is 13.5. The van der Waals surface area contributed by atoms with Crippen molar-refractivity contribution in [2.75, 3.05) is 23.9 Å². The average Bonchev–Trinajstić information content (AvgIpc) is 2.38. The summed E-state index contributed by atoms with van der Waals surface area (Å²) in [6, 6.07) is 7.32. The van der Waals surface area contributed by atoms with Crippen molar-refractivity contribution in [3.8, 4) is 0 Å². The van der Waals surface area contributed by atoms with Gasteiger partial charge in [-0.25, -0.2) is 4.79 Å². The summed E-state index contributed by atoms with van der Waals surface area (Å²) in [6.45, 7) is 0.456. The number of para-hydroxylation sites is 1. The number of fused-ring (bicyclic) bond motifs is 1. The number of carboxylic acids is 1. The number of carboxylic acid groups (broad SMARTS) is 1. The van der Waals surface area contributed by atoms with Crippen LogP contribution in [0.25, 0.3) is 10.9 Å². The molecule has 0 fully saturated rings. The third kappa shape index (κ3) is 3.08. The summed E-state index contributed by atoms with van der Waals surface area (Å²) in [4.78, 5) is 15.3. The van der Waals surface area contributed by atoms with Gasteiger partial charge in [0.1, 0.15) is 5.56 Å². The first-order chi connectivity index (χ1) is 9.09. The Morgan fingerprint density at radius 3 is 2.84 bits per heavy atom. The first-order valence-corrected chi connectivity index (χ1v) is 7.47. The van der Waals surface area contributed by atoms with E-state index < -0.39 is 16.8 Å². The summed E-state index contributed by atoms with van der Waals surface area (Å²) in [5, 5.41) is 13.0. The van der Waals surface area contributed by atoms with Gasteiger partial charge < -0.3 is 10.4 Å². The number of benzene rings is 1. The van der Waals surface area contributed by atoms with Crippen LogP contribution in [0, 0.1) is 0 Å². The maximum Gasteiger partial charge on any atom is 0.339 e. The largest absolute Gasteiger partial charge is 0.478 e. The number of anilines is 1. The Labute approximate surface area is 113 Å². The van der Waals surface area contributed by atoms with Gasteiger partial charge in [-0.1, -0.05) is 18.2 Å². The van der Waals surface area contributed by atoms with Crippen LogP contribution < -0.4 is 5.32 Å². The third-order valence-corrected chi connectivity index (χ3v) is 3.48. The van der Waals surface area contributed by atoms with Gasteiger partial charge in [0.05, 0.1) is 11.2 Å². The first-order valence-electron chi connectivity index (χ1n) is 5.74. The number of hydrogen-bond acceptors (Lipinski definition) is 4. The van der Waals surface area contributed by atoms with E-state index in [2.05, 4.69) is 10.3 Å². The van der Waals surface area contributed by atoms with Crippen LogP contribution in [0.4, 0.5) is 5.69 Å². The topological polar surface area (TPSA) is 79.3 Å². The van der Waals surface area contributed by atoms with Gasteiger partial charge in [-0.2, -0.15) is 0 Å². The van der Waals surface area contributed by atoms with Crippen molar-refractivity contribution < 1.29 is 14.1 Å².